The van der Waals surface area contributed by atoms with E-state index in [1.54, 1.807) is 36.1 Å². The van der Waals surface area contributed by atoms with Gasteiger partial charge in [-0.05, 0) is 11.5 Å². The van der Waals surface area contributed by atoms with Crippen molar-refractivity contribution in [2.75, 3.05) is 0 Å². The van der Waals surface area contributed by atoms with E-state index < -0.39 is 0 Å². The number of aromatic nitrogens is 2. The summed E-state index contributed by atoms with van der Waals surface area (Å²) in [6.45, 7) is 4.20. The predicted molar refractivity (Wildman–Crippen MR) is 77.0 cm³/mol. The lowest BCUT2D eigenvalue weighted by molar-refractivity contribution is 0.0886. The Morgan fingerprint density at radius 2 is 1.80 bits per heavy atom. The fraction of sp³-hybridized carbons (Fsp3) is 0.312. The van der Waals surface area contributed by atoms with E-state index in [0.717, 1.165) is 0 Å². The molecule has 0 spiro atoms. The van der Waals surface area contributed by atoms with Gasteiger partial charge in [0.1, 0.15) is 0 Å². The van der Waals surface area contributed by atoms with Gasteiger partial charge in [0.05, 0.1) is 6.42 Å². The first kappa shape index (κ1) is 14.2. The van der Waals surface area contributed by atoms with Crippen LogP contribution in [-0.4, -0.2) is 21.1 Å². The maximum atomic E-state index is 12.1. The zero-order chi connectivity index (χ0) is 14.7. The second kappa shape index (κ2) is 5.82. The molecule has 104 valence electrons. The topological polar surface area (TPSA) is 52.0 Å². The number of imidazole rings is 1. The van der Waals surface area contributed by atoms with Crippen LogP contribution in [0.1, 0.15) is 52.7 Å². The smallest absolute Gasteiger partial charge is 0.205 e. The number of ketones is 2. The lowest BCUT2D eigenvalue weighted by atomic mass is 9.99. The van der Waals surface area contributed by atoms with Crippen LogP contribution in [0.3, 0.4) is 0 Å². The van der Waals surface area contributed by atoms with Gasteiger partial charge in [-0.3, -0.25) is 9.59 Å². The predicted octanol–water partition coefficient (Wildman–Crippen LogP) is 3.00. The van der Waals surface area contributed by atoms with Gasteiger partial charge in [-0.25, -0.2) is 4.98 Å². The van der Waals surface area contributed by atoms with Gasteiger partial charge in [0, 0.05) is 25.0 Å². The molecule has 0 atom stereocenters. The Morgan fingerprint density at radius 3 is 2.30 bits per heavy atom. The van der Waals surface area contributed by atoms with E-state index in [2.05, 4.69) is 18.8 Å². The molecule has 0 fully saturated rings. The van der Waals surface area contributed by atoms with Crippen LogP contribution in [0.5, 0.6) is 0 Å². The quantitative estimate of drug-likeness (QED) is 0.620. The van der Waals surface area contributed by atoms with Crippen LogP contribution in [-0.2, 0) is 7.05 Å². The highest BCUT2D eigenvalue weighted by Crippen LogP contribution is 2.16. The Bertz CT molecular complexity index is 624. The lowest BCUT2D eigenvalue weighted by Gasteiger charge is -2.06. The normalized spacial score (nSPS) is 10.8. The number of Topliss-reactive ketones (excluding diaryl/α,β-unsaturated/α-hetero) is 2. The largest absolute Gasteiger partial charge is 0.332 e. The summed E-state index contributed by atoms with van der Waals surface area (Å²) in [6.07, 6.45) is 3.09. The van der Waals surface area contributed by atoms with Crippen LogP contribution in [0.15, 0.2) is 36.7 Å². The summed E-state index contributed by atoms with van der Waals surface area (Å²) >= 11 is 0. The summed E-state index contributed by atoms with van der Waals surface area (Å²) in [5.41, 5.74) is 1.74. The number of rotatable bonds is 5. The number of nitrogens with zero attached hydrogens (tertiary/aromatic N) is 2. The second-order valence-corrected chi connectivity index (χ2v) is 5.16. The van der Waals surface area contributed by atoms with Gasteiger partial charge in [-0.2, -0.15) is 0 Å². The van der Waals surface area contributed by atoms with E-state index in [-0.39, 0.29) is 18.0 Å². The summed E-state index contributed by atoms with van der Waals surface area (Å²) in [6, 6.07) is 7.43. The van der Waals surface area contributed by atoms with E-state index in [0.29, 0.717) is 17.3 Å². The first-order chi connectivity index (χ1) is 9.49. The molecule has 0 amide bonds. The zero-order valence-corrected chi connectivity index (χ0v) is 12.0. The maximum absolute atomic E-state index is 12.1. The summed E-state index contributed by atoms with van der Waals surface area (Å²) in [4.78, 5) is 28.0. The van der Waals surface area contributed by atoms with Crippen LogP contribution in [0, 0.1) is 0 Å². The Hall–Kier alpha value is -2.23. The van der Waals surface area contributed by atoms with Crippen molar-refractivity contribution in [3.05, 3.63) is 53.6 Å². The standard InChI is InChI=1S/C16H18N2O2/c1-11(2)12-4-6-13(7-5-12)14(19)10-15(20)16-17-8-9-18(16)3/h4-9,11H,10H2,1-3H3. The first-order valence-corrected chi connectivity index (χ1v) is 6.62. The van der Waals surface area contributed by atoms with Crippen molar-refractivity contribution in [2.24, 2.45) is 7.05 Å². The molecule has 0 aliphatic heterocycles. The third-order valence-electron chi connectivity index (χ3n) is 3.29. The summed E-state index contributed by atoms with van der Waals surface area (Å²) in [5, 5.41) is 0. The summed E-state index contributed by atoms with van der Waals surface area (Å²) in [7, 11) is 1.74. The van der Waals surface area contributed by atoms with Gasteiger partial charge in [0.2, 0.25) is 5.78 Å². The Kier molecular flexibility index (Phi) is 4.13. The van der Waals surface area contributed by atoms with Crippen LogP contribution in [0.2, 0.25) is 0 Å². The molecule has 0 radical (unpaired) electrons. The lowest BCUT2D eigenvalue weighted by Crippen LogP contribution is -2.13. The number of carbonyl (C=O) groups is 2. The van der Waals surface area contributed by atoms with Gasteiger partial charge in [0.15, 0.2) is 11.6 Å². The molecule has 0 aliphatic rings. The Balaban J connectivity index is 2.09. The van der Waals surface area contributed by atoms with Gasteiger partial charge >= 0.3 is 0 Å². The SMILES string of the molecule is CC(C)c1ccc(C(=O)CC(=O)c2nccn2C)cc1. The van der Waals surface area contributed by atoms with E-state index in [4.69, 9.17) is 0 Å². The number of carbonyl (C=O) groups excluding carboxylic acids is 2. The van der Waals surface area contributed by atoms with Crippen LogP contribution < -0.4 is 0 Å². The molecule has 1 heterocycles. The van der Waals surface area contributed by atoms with E-state index >= 15 is 0 Å². The van der Waals surface area contributed by atoms with Crippen molar-refractivity contribution in [3.8, 4) is 0 Å². The minimum absolute atomic E-state index is 0.147. The van der Waals surface area contributed by atoms with Crippen molar-refractivity contribution < 1.29 is 9.59 Å². The van der Waals surface area contributed by atoms with Crippen molar-refractivity contribution in [2.45, 2.75) is 26.2 Å². The van der Waals surface area contributed by atoms with E-state index in [1.165, 1.54) is 5.56 Å². The molecule has 0 saturated heterocycles. The fourth-order valence-electron chi connectivity index (χ4n) is 2.02. The highest BCUT2D eigenvalue weighted by atomic mass is 16.1. The molecule has 2 aromatic rings. The fourth-order valence-corrected chi connectivity index (χ4v) is 2.02. The van der Waals surface area contributed by atoms with Gasteiger partial charge in [-0.1, -0.05) is 38.1 Å². The maximum Gasteiger partial charge on any atom is 0.205 e. The highest BCUT2D eigenvalue weighted by molar-refractivity contribution is 6.12. The number of aryl methyl sites for hydroxylation is 1. The molecule has 20 heavy (non-hydrogen) atoms. The molecule has 0 unspecified atom stereocenters. The average molecular weight is 270 g/mol. The highest BCUT2D eigenvalue weighted by Gasteiger charge is 2.17. The molecule has 0 aliphatic carbocycles. The van der Waals surface area contributed by atoms with E-state index in [1.807, 2.05) is 12.1 Å². The minimum Gasteiger partial charge on any atom is -0.332 e. The molecular formula is C16H18N2O2. The molecule has 0 bridgehead atoms. The molecule has 4 heteroatoms. The number of benzene rings is 1. The van der Waals surface area contributed by atoms with Crippen molar-refractivity contribution in [1.29, 1.82) is 0 Å². The molecule has 2 rings (SSSR count). The molecule has 1 aromatic carbocycles. The molecule has 1 aromatic heterocycles. The molecule has 4 nitrogen and oxygen atoms in total. The van der Waals surface area contributed by atoms with Crippen molar-refractivity contribution in [1.82, 2.24) is 9.55 Å². The van der Waals surface area contributed by atoms with Gasteiger partial charge in [-0.15, -0.1) is 0 Å². The third kappa shape index (κ3) is 3.02. The zero-order valence-electron chi connectivity index (χ0n) is 12.0. The van der Waals surface area contributed by atoms with Gasteiger partial charge in [0.25, 0.3) is 0 Å². The molecular weight excluding hydrogens is 252 g/mol. The van der Waals surface area contributed by atoms with Crippen molar-refractivity contribution in [3.63, 3.8) is 0 Å². The first-order valence-electron chi connectivity index (χ1n) is 6.62. The number of hydrogen-bond acceptors (Lipinski definition) is 3. The van der Waals surface area contributed by atoms with Gasteiger partial charge < -0.3 is 4.57 Å². The van der Waals surface area contributed by atoms with E-state index in [9.17, 15) is 9.59 Å². The Morgan fingerprint density at radius 1 is 1.15 bits per heavy atom. The monoisotopic (exact) mass is 270 g/mol. The average Bonchev–Trinajstić information content (AvgIpc) is 2.85. The van der Waals surface area contributed by atoms with Crippen LogP contribution in [0.25, 0.3) is 0 Å². The third-order valence-corrected chi connectivity index (χ3v) is 3.29. The summed E-state index contributed by atoms with van der Waals surface area (Å²) in [5.74, 6) is 0.314. The van der Waals surface area contributed by atoms with Crippen LogP contribution >= 0.6 is 0 Å². The number of hydrogen-bond donors (Lipinski definition) is 0. The molecule has 0 N–H and O–H groups in total. The molecule has 0 saturated carbocycles. The van der Waals surface area contributed by atoms with Crippen molar-refractivity contribution >= 4 is 11.6 Å². The van der Waals surface area contributed by atoms with Crippen LogP contribution in [0.4, 0.5) is 0 Å². The summed E-state index contributed by atoms with van der Waals surface area (Å²) < 4.78 is 1.62. The second-order valence-electron chi connectivity index (χ2n) is 5.16. The minimum atomic E-state index is -0.254. The Labute approximate surface area is 118 Å².